The average Bonchev–Trinajstić information content (AvgIpc) is 3.71. The number of piperidine rings is 1. The normalized spacial score (nSPS) is 25.9. The molecule has 4 aliphatic heterocycles. The molecule has 1 saturated carbocycles. The number of ether oxygens (including phenoxy) is 2. The van der Waals surface area contributed by atoms with Crippen LogP contribution in [0.2, 0.25) is 0 Å². The number of aromatic nitrogens is 3. The zero-order valence-electron chi connectivity index (χ0n) is 20.0. The minimum absolute atomic E-state index is 0.00738. The first-order chi connectivity index (χ1) is 17.8. The summed E-state index contributed by atoms with van der Waals surface area (Å²) in [6.45, 7) is 0.428. The topological polar surface area (TPSA) is 93.5 Å². The summed E-state index contributed by atoms with van der Waals surface area (Å²) in [7, 11) is 1.56. The van der Waals surface area contributed by atoms with Crippen molar-refractivity contribution in [2.24, 2.45) is 13.0 Å². The molecule has 6 heterocycles. The van der Waals surface area contributed by atoms with E-state index in [0.29, 0.717) is 48.5 Å². The lowest BCUT2D eigenvalue weighted by Gasteiger charge is -2.46. The second-order valence-electron chi connectivity index (χ2n) is 10.3. The van der Waals surface area contributed by atoms with Crippen LogP contribution in [0.5, 0.6) is 5.75 Å². The fourth-order valence-electron chi connectivity index (χ4n) is 5.54. The summed E-state index contributed by atoms with van der Waals surface area (Å²) < 4.78 is 56.9. The van der Waals surface area contributed by atoms with E-state index >= 15 is 0 Å². The van der Waals surface area contributed by atoms with Gasteiger partial charge in [-0.1, -0.05) is 0 Å². The number of anilines is 4. The Morgan fingerprint density at radius 1 is 1.22 bits per heavy atom. The number of alkyl halides is 2. The third-order valence-electron chi connectivity index (χ3n) is 7.65. The van der Waals surface area contributed by atoms with Gasteiger partial charge in [-0.25, -0.2) is 18.2 Å². The molecule has 2 N–H and O–H groups in total. The van der Waals surface area contributed by atoms with Gasteiger partial charge < -0.3 is 29.6 Å². The smallest absolute Gasteiger partial charge is 0.301 e. The van der Waals surface area contributed by atoms with Crippen molar-refractivity contribution in [1.82, 2.24) is 14.5 Å². The van der Waals surface area contributed by atoms with Gasteiger partial charge in [0, 0.05) is 37.6 Å². The predicted molar refractivity (Wildman–Crippen MR) is 131 cm³/mol. The van der Waals surface area contributed by atoms with E-state index in [0.717, 1.165) is 12.6 Å². The maximum absolute atomic E-state index is 14.9. The highest BCUT2D eigenvalue weighted by atomic mass is 19.3. The average molecular weight is 515 g/mol. The number of halogens is 3. The zero-order valence-corrected chi connectivity index (χ0v) is 20.0. The Balaban J connectivity index is 1.27. The van der Waals surface area contributed by atoms with Crippen molar-refractivity contribution in [3.8, 4) is 5.75 Å². The van der Waals surface area contributed by atoms with Crippen molar-refractivity contribution >= 4 is 34.0 Å². The fraction of sp³-hybridized carbons (Fsp3) is 0.480. The van der Waals surface area contributed by atoms with Gasteiger partial charge in [-0.2, -0.15) is 4.98 Å². The highest BCUT2D eigenvalue weighted by Gasteiger charge is 2.51. The summed E-state index contributed by atoms with van der Waals surface area (Å²) in [4.78, 5) is 23.5. The maximum atomic E-state index is 14.9. The lowest BCUT2D eigenvalue weighted by Crippen LogP contribution is -2.57. The van der Waals surface area contributed by atoms with Gasteiger partial charge in [-0.15, -0.1) is 0 Å². The van der Waals surface area contributed by atoms with Crippen molar-refractivity contribution in [3.63, 3.8) is 0 Å². The zero-order chi connectivity index (χ0) is 25.5. The molecule has 12 heteroatoms. The number of fused-ring (bicyclic) bond motifs is 5. The van der Waals surface area contributed by atoms with Crippen LogP contribution in [0.25, 0.3) is 10.9 Å². The van der Waals surface area contributed by atoms with Crippen LogP contribution >= 0.6 is 0 Å². The quantitative estimate of drug-likeness (QED) is 0.547. The summed E-state index contributed by atoms with van der Waals surface area (Å²) in [6.07, 6.45) is 3.81. The van der Waals surface area contributed by atoms with Crippen LogP contribution in [0.3, 0.4) is 0 Å². The number of hydrogen-bond donors (Lipinski definition) is 2. The third kappa shape index (κ3) is 3.76. The molecular weight excluding hydrogens is 489 g/mol. The van der Waals surface area contributed by atoms with Gasteiger partial charge >= 0.3 is 5.92 Å². The van der Waals surface area contributed by atoms with Crippen LogP contribution in [0.1, 0.15) is 19.3 Å². The molecule has 2 unspecified atom stereocenters. The number of benzene rings is 1. The standard InChI is InChI=1S/C25H25F3N6O3/c1-33-18-5-4-13(30-22-17(26)8-29-24(32-22)34-9-14-7-15(10-34)37-14)6-16(18)19-20(23(33)35)36-11-25(27,28)21(31-19)12-2-3-12/h4-6,8,12,14-15,21,31H,2-3,7,9-11H2,1H3,(H,29,30,32)/t14?,15?,21-/m0/s1. The van der Waals surface area contributed by atoms with Crippen LogP contribution in [0, 0.1) is 11.7 Å². The monoisotopic (exact) mass is 514 g/mol. The Bertz CT molecular complexity index is 1460. The van der Waals surface area contributed by atoms with E-state index in [-0.39, 0.29) is 35.4 Å². The molecule has 3 atom stereocenters. The van der Waals surface area contributed by atoms with Crippen LogP contribution in [0.15, 0.2) is 29.2 Å². The van der Waals surface area contributed by atoms with Gasteiger partial charge in [0.1, 0.15) is 0 Å². The van der Waals surface area contributed by atoms with E-state index in [1.165, 1.54) is 4.57 Å². The minimum Gasteiger partial charge on any atom is -0.480 e. The van der Waals surface area contributed by atoms with Gasteiger partial charge in [-0.3, -0.25) is 4.79 Å². The third-order valence-corrected chi connectivity index (χ3v) is 7.65. The lowest BCUT2D eigenvalue weighted by molar-refractivity contribution is -0.133. The van der Waals surface area contributed by atoms with Crippen LogP contribution in [0.4, 0.5) is 36.3 Å². The number of pyridine rings is 1. The second kappa shape index (κ2) is 7.98. The number of aryl methyl sites for hydroxylation is 1. The highest BCUT2D eigenvalue weighted by Crippen LogP contribution is 2.45. The summed E-state index contributed by atoms with van der Waals surface area (Å²) >= 11 is 0. The summed E-state index contributed by atoms with van der Waals surface area (Å²) in [5.74, 6) is -3.69. The number of morpholine rings is 1. The Hall–Kier alpha value is -3.54. The van der Waals surface area contributed by atoms with Crippen molar-refractivity contribution in [2.75, 3.05) is 35.2 Å². The Morgan fingerprint density at radius 3 is 2.70 bits per heavy atom. The molecule has 3 saturated heterocycles. The van der Waals surface area contributed by atoms with Gasteiger partial charge in [0.2, 0.25) is 11.7 Å². The second-order valence-corrected chi connectivity index (χ2v) is 10.3. The minimum atomic E-state index is -3.13. The molecule has 8 rings (SSSR count). The molecular formula is C25H25F3N6O3. The first-order valence-corrected chi connectivity index (χ1v) is 12.4. The fourth-order valence-corrected chi connectivity index (χ4v) is 5.54. The molecule has 4 fully saturated rings. The van der Waals surface area contributed by atoms with Gasteiger partial charge in [-0.05, 0) is 37.0 Å². The molecule has 0 spiro atoms. The predicted octanol–water partition coefficient (Wildman–Crippen LogP) is 3.41. The first kappa shape index (κ1) is 22.6. The van der Waals surface area contributed by atoms with Gasteiger partial charge in [0.25, 0.3) is 5.56 Å². The lowest BCUT2D eigenvalue weighted by atomic mass is 9.99. The maximum Gasteiger partial charge on any atom is 0.301 e. The molecule has 37 heavy (non-hydrogen) atoms. The van der Waals surface area contributed by atoms with Crippen molar-refractivity contribution in [3.05, 3.63) is 40.6 Å². The summed E-state index contributed by atoms with van der Waals surface area (Å²) in [6, 6.07) is 3.92. The molecule has 5 aliphatic rings. The van der Waals surface area contributed by atoms with Crippen LogP contribution in [-0.4, -0.2) is 58.4 Å². The van der Waals surface area contributed by atoms with E-state index in [1.54, 1.807) is 25.2 Å². The molecule has 3 aromatic rings. The van der Waals surface area contributed by atoms with E-state index in [1.807, 2.05) is 4.90 Å². The molecule has 0 radical (unpaired) electrons. The Kier molecular flexibility index (Phi) is 4.88. The number of nitrogens with zero attached hydrogens (tertiary/aromatic N) is 4. The van der Waals surface area contributed by atoms with E-state index in [4.69, 9.17) is 9.47 Å². The number of hydrogen-bond acceptors (Lipinski definition) is 8. The molecule has 1 aromatic carbocycles. The molecule has 2 bridgehead atoms. The van der Waals surface area contributed by atoms with Gasteiger partial charge in [0.15, 0.2) is 18.2 Å². The van der Waals surface area contributed by atoms with E-state index in [2.05, 4.69) is 20.6 Å². The molecule has 2 aromatic heterocycles. The molecule has 9 nitrogen and oxygen atoms in total. The number of rotatable bonds is 4. The van der Waals surface area contributed by atoms with Gasteiger partial charge in [0.05, 0.1) is 35.7 Å². The Morgan fingerprint density at radius 2 is 1.97 bits per heavy atom. The SMILES string of the molecule is Cn1c(=O)c2c(c3cc(Nc4nc(N5CC6CC(C5)O6)ncc4F)ccc31)N[C@@H](C1CC1)C(F)(F)CO2. The first-order valence-electron chi connectivity index (χ1n) is 12.4. The van der Waals surface area contributed by atoms with E-state index < -0.39 is 29.9 Å². The largest absolute Gasteiger partial charge is 0.480 e. The number of nitrogens with one attached hydrogen (secondary N) is 2. The van der Waals surface area contributed by atoms with E-state index in [9.17, 15) is 18.0 Å². The van der Waals surface area contributed by atoms with Crippen molar-refractivity contribution < 1.29 is 22.6 Å². The summed E-state index contributed by atoms with van der Waals surface area (Å²) in [5.41, 5.74) is 0.731. The van der Waals surface area contributed by atoms with Crippen molar-refractivity contribution in [2.45, 2.75) is 43.4 Å². The van der Waals surface area contributed by atoms with Crippen LogP contribution < -0.4 is 25.8 Å². The van der Waals surface area contributed by atoms with Crippen molar-refractivity contribution in [1.29, 1.82) is 0 Å². The molecule has 0 amide bonds. The molecule has 194 valence electrons. The summed E-state index contributed by atoms with van der Waals surface area (Å²) in [5, 5.41) is 6.46. The highest BCUT2D eigenvalue weighted by molar-refractivity contribution is 5.97. The molecule has 1 aliphatic carbocycles. The van der Waals surface area contributed by atoms with Crippen LogP contribution in [-0.2, 0) is 11.8 Å². The Labute approximate surface area is 209 Å².